The number of hydrogen-bond acceptors (Lipinski definition) is 6. The lowest BCUT2D eigenvalue weighted by atomic mass is 9.97. The van der Waals surface area contributed by atoms with Crippen LogP contribution in [0.5, 0.6) is 0 Å². The van der Waals surface area contributed by atoms with Crippen molar-refractivity contribution in [1.82, 2.24) is 9.80 Å². The van der Waals surface area contributed by atoms with E-state index in [4.69, 9.17) is 0 Å². The average Bonchev–Trinajstić information content (AvgIpc) is 2.89. The smallest absolute Gasteiger partial charge is 0.270 e. The van der Waals surface area contributed by atoms with E-state index in [-0.39, 0.29) is 24.0 Å². The van der Waals surface area contributed by atoms with Crippen molar-refractivity contribution in [1.29, 1.82) is 0 Å². The highest BCUT2D eigenvalue weighted by Gasteiger charge is 2.29. The van der Waals surface area contributed by atoms with Crippen LogP contribution >= 0.6 is 0 Å². The Morgan fingerprint density at radius 3 is 2.39 bits per heavy atom. The van der Waals surface area contributed by atoms with Gasteiger partial charge < -0.3 is 15.1 Å². The van der Waals surface area contributed by atoms with Gasteiger partial charge in [-0.2, -0.15) is 0 Å². The highest BCUT2D eigenvalue weighted by atomic mass is 16.6. The van der Waals surface area contributed by atoms with Crippen molar-refractivity contribution in [2.24, 2.45) is 5.92 Å². The fourth-order valence-electron chi connectivity index (χ4n) is 4.96. The Morgan fingerprint density at radius 2 is 1.72 bits per heavy atom. The van der Waals surface area contributed by atoms with Crippen molar-refractivity contribution in [2.75, 3.05) is 56.0 Å². The van der Waals surface area contributed by atoms with Gasteiger partial charge >= 0.3 is 0 Å². The van der Waals surface area contributed by atoms with Gasteiger partial charge in [-0.1, -0.05) is 32.0 Å². The SMILES string of the molecule is CCc1ccccc1NC(=O)CN1CCN(C(=O)c2cc([N+](=O)[O-])ccc2N2CCC(C)CC2)CC1. The number of non-ortho nitro benzene ring substituents is 1. The molecule has 0 aromatic heterocycles. The number of para-hydroxylation sites is 1. The van der Waals surface area contributed by atoms with E-state index in [2.05, 4.69) is 24.1 Å². The van der Waals surface area contributed by atoms with Gasteiger partial charge in [0.25, 0.3) is 11.6 Å². The molecule has 2 heterocycles. The predicted octanol–water partition coefficient (Wildman–Crippen LogP) is 3.79. The van der Waals surface area contributed by atoms with Crippen LogP contribution in [0.4, 0.5) is 17.1 Å². The Labute approximate surface area is 212 Å². The number of nitro groups is 1. The molecule has 0 saturated carbocycles. The molecule has 9 heteroatoms. The monoisotopic (exact) mass is 493 g/mol. The maximum Gasteiger partial charge on any atom is 0.270 e. The minimum absolute atomic E-state index is 0.0732. The van der Waals surface area contributed by atoms with Crippen LogP contribution in [-0.4, -0.2) is 72.4 Å². The predicted molar refractivity (Wildman–Crippen MR) is 141 cm³/mol. The van der Waals surface area contributed by atoms with Gasteiger partial charge in [-0.05, 0) is 42.9 Å². The van der Waals surface area contributed by atoms with E-state index in [0.29, 0.717) is 37.7 Å². The van der Waals surface area contributed by atoms with E-state index in [0.717, 1.165) is 49.3 Å². The van der Waals surface area contributed by atoms with Crippen LogP contribution in [0.2, 0.25) is 0 Å². The quantitative estimate of drug-likeness (QED) is 0.465. The van der Waals surface area contributed by atoms with E-state index in [9.17, 15) is 19.7 Å². The molecule has 0 aliphatic carbocycles. The number of anilines is 2. The third-order valence-corrected chi connectivity index (χ3v) is 7.24. The first-order chi connectivity index (χ1) is 17.4. The number of carbonyl (C=O) groups excluding carboxylic acids is 2. The lowest BCUT2D eigenvalue weighted by Gasteiger charge is -2.36. The number of hydrogen-bond donors (Lipinski definition) is 1. The van der Waals surface area contributed by atoms with E-state index >= 15 is 0 Å². The fourth-order valence-corrected chi connectivity index (χ4v) is 4.96. The Morgan fingerprint density at radius 1 is 1.03 bits per heavy atom. The van der Waals surface area contributed by atoms with Crippen LogP contribution in [0.3, 0.4) is 0 Å². The van der Waals surface area contributed by atoms with E-state index in [1.807, 2.05) is 29.2 Å². The number of rotatable bonds is 7. The molecule has 2 aromatic rings. The molecule has 1 N–H and O–H groups in total. The summed E-state index contributed by atoms with van der Waals surface area (Å²) in [5.74, 6) is 0.378. The summed E-state index contributed by atoms with van der Waals surface area (Å²) in [5, 5.41) is 14.4. The Hall–Kier alpha value is -3.46. The molecular weight excluding hydrogens is 458 g/mol. The van der Waals surface area contributed by atoms with Crippen molar-refractivity contribution in [3.8, 4) is 0 Å². The zero-order valence-corrected chi connectivity index (χ0v) is 21.1. The molecule has 0 bridgehead atoms. The molecule has 2 aromatic carbocycles. The normalized spacial score (nSPS) is 17.2. The number of carbonyl (C=O) groups is 2. The topological polar surface area (TPSA) is 99.0 Å². The molecule has 36 heavy (non-hydrogen) atoms. The molecule has 2 aliphatic heterocycles. The standard InChI is InChI=1S/C27H35N5O4/c1-3-21-6-4-5-7-24(21)28-26(33)19-29-14-16-31(17-15-29)27(34)23-18-22(32(35)36)8-9-25(23)30-12-10-20(2)11-13-30/h4-9,18,20H,3,10-17,19H2,1-2H3,(H,28,33). The third-order valence-electron chi connectivity index (χ3n) is 7.24. The maximum atomic E-state index is 13.5. The van der Waals surface area contributed by atoms with Crippen LogP contribution in [0.15, 0.2) is 42.5 Å². The zero-order chi connectivity index (χ0) is 25.7. The second-order valence-electron chi connectivity index (χ2n) is 9.76. The molecule has 0 atom stereocenters. The van der Waals surface area contributed by atoms with Crippen LogP contribution in [-0.2, 0) is 11.2 Å². The third kappa shape index (κ3) is 6.02. The Balaban J connectivity index is 1.39. The molecule has 2 amide bonds. The number of piperidine rings is 1. The Bertz CT molecular complexity index is 1110. The minimum Gasteiger partial charge on any atom is -0.371 e. The number of amides is 2. The summed E-state index contributed by atoms with van der Waals surface area (Å²) in [6.45, 7) is 8.29. The summed E-state index contributed by atoms with van der Waals surface area (Å²) >= 11 is 0. The Kier molecular flexibility index (Phi) is 8.20. The van der Waals surface area contributed by atoms with E-state index in [1.165, 1.54) is 12.1 Å². The van der Waals surface area contributed by atoms with Crippen molar-refractivity contribution < 1.29 is 14.5 Å². The molecule has 192 valence electrons. The maximum absolute atomic E-state index is 13.5. The average molecular weight is 494 g/mol. The summed E-state index contributed by atoms with van der Waals surface area (Å²) in [5.41, 5.74) is 3.02. The van der Waals surface area contributed by atoms with E-state index in [1.54, 1.807) is 11.0 Å². The number of nitrogens with one attached hydrogen (secondary N) is 1. The molecular formula is C27H35N5O4. The fraction of sp³-hybridized carbons (Fsp3) is 0.481. The molecule has 0 spiro atoms. The summed E-state index contributed by atoms with van der Waals surface area (Å²) in [4.78, 5) is 43.1. The zero-order valence-electron chi connectivity index (χ0n) is 21.1. The molecule has 2 saturated heterocycles. The summed E-state index contributed by atoms with van der Waals surface area (Å²) < 4.78 is 0. The first kappa shape index (κ1) is 25.6. The first-order valence-corrected chi connectivity index (χ1v) is 12.8. The van der Waals surface area contributed by atoms with Gasteiger partial charge in [-0.3, -0.25) is 24.6 Å². The van der Waals surface area contributed by atoms with E-state index < -0.39 is 4.92 Å². The molecule has 0 radical (unpaired) electrons. The first-order valence-electron chi connectivity index (χ1n) is 12.8. The lowest BCUT2D eigenvalue weighted by Crippen LogP contribution is -2.50. The highest BCUT2D eigenvalue weighted by Crippen LogP contribution is 2.30. The van der Waals surface area contributed by atoms with Crippen LogP contribution in [0.25, 0.3) is 0 Å². The van der Waals surface area contributed by atoms with Crippen LogP contribution in [0, 0.1) is 16.0 Å². The van der Waals surface area contributed by atoms with Crippen molar-refractivity contribution in [3.05, 3.63) is 63.7 Å². The van der Waals surface area contributed by atoms with Crippen molar-refractivity contribution in [2.45, 2.75) is 33.1 Å². The molecule has 0 unspecified atom stereocenters. The number of benzene rings is 2. The van der Waals surface area contributed by atoms with Gasteiger partial charge in [0.1, 0.15) is 0 Å². The van der Waals surface area contributed by atoms with Gasteiger partial charge in [0.2, 0.25) is 5.91 Å². The number of piperazine rings is 1. The highest BCUT2D eigenvalue weighted by molar-refractivity contribution is 6.00. The van der Waals surface area contributed by atoms with Gasteiger partial charge in [-0.15, -0.1) is 0 Å². The molecule has 2 aliphatic rings. The molecule has 9 nitrogen and oxygen atoms in total. The molecule has 2 fully saturated rings. The minimum atomic E-state index is -0.452. The number of nitrogens with zero attached hydrogens (tertiary/aromatic N) is 4. The van der Waals surface area contributed by atoms with Crippen LogP contribution in [0.1, 0.15) is 42.6 Å². The summed E-state index contributed by atoms with van der Waals surface area (Å²) in [7, 11) is 0. The largest absolute Gasteiger partial charge is 0.371 e. The van der Waals surface area contributed by atoms with Crippen LogP contribution < -0.4 is 10.2 Å². The van der Waals surface area contributed by atoms with Crippen molar-refractivity contribution in [3.63, 3.8) is 0 Å². The van der Waals surface area contributed by atoms with Gasteiger partial charge in [-0.25, -0.2) is 0 Å². The second kappa shape index (κ2) is 11.5. The van der Waals surface area contributed by atoms with Gasteiger partial charge in [0.15, 0.2) is 0 Å². The number of nitro benzene ring substituents is 1. The van der Waals surface area contributed by atoms with Gasteiger partial charge in [0, 0.05) is 57.1 Å². The van der Waals surface area contributed by atoms with Crippen molar-refractivity contribution >= 4 is 28.9 Å². The summed E-state index contributed by atoms with van der Waals surface area (Å²) in [6, 6.07) is 12.4. The summed E-state index contributed by atoms with van der Waals surface area (Å²) in [6.07, 6.45) is 2.91. The van der Waals surface area contributed by atoms with Gasteiger partial charge in [0.05, 0.1) is 22.7 Å². The number of aryl methyl sites for hydroxylation is 1. The second-order valence-corrected chi connectivity index (χ2v) is 9.76. The lowest BCUT2D eigenvalue weighted by molar-refractivity contribution is -0.384. The molecule has 4 rings (SSSR count).